The summed E-state index contributed by atoms with van der Waals surface area (Å²) in [6.07, 6.45) is 3.17. The van der Waals surface area contributed by atoms with Gasteiger partial charge in [-0.15, -0.1) is 0 Å². The Bertz CT molecular complexity index is 1210. The van der Waals surface area contributed by atoms with Crippen LogP contribution in [0, 0.1) is 11.6 Å². The van der Waals surface area contributed by atoms with Crippen molar-refractivity contribution in [3.8, 4) is 0 Å². The first-order chi connectivity index (χ1) is 15.6. The number of nitrogens with one attached hydrogen (secondary N) is 1. The topological polar surface area (TPSA) is 56.3 Å². The third-order valence-corrected chi connectivity index (χ3v) is 6.24. The van der Waals surface area contributed by atoms with Crippen molar-refractivity contribution in [3.63, 3.8) is 0 Å². The summed E-state index contributed by atoms with van der Waals surface area (Å²) in [4.78, 5) is 16.2. The van der Waals surface area contributed by atoms with Crippen molar-refractivity contribution < 1.29 is 23.1 Å². The van der Waals surface area contributed by atoms with E-state index in [0.29, 0.717) is 12.1 Å². The van der Waals surface area contributed by atoms with Crippen molar-refractivity contribution in [1.82, 2.24) is 9.88 Å². The van der Waals surface area contributed by atoms with E-state index in [1.165, 1.54) is 38.1 Å². The molecule has 0 saturated carbocycles. The van der Waals surface area contributed by atoms with Crippen LogP contribution in [0.4, 0.5) is 13.2 Å². The van der Waals surface area contributed by atoms with Crippen LogP contribution in [0.5, 0.6) is 0 Å². The Labute approximate surface area is 190 Å². The van der Waals surface area contributed by atoms with Crippen LogP contribution in [0.15, 0.2) is 42.5 Å². The number of carbonyl (C=O) groups excluding carboxylic acids is 1. The summed E-state index contributed by atoms with van der Waals surface area (Å²) in [5.41, 5.74) is 0.488. The summed E-state index contributed by atoms with van der Waals surface area (Å²) < 4.78 is 45.8. The number of aromatic amines is 1. The largest absolute Gasteiger partial charge is 0.393 e. The molecule has 33 heavy (non-hydrogen) atoms. The second-order valence-electron chi connectivity index (χ2n) is 9.10. The highest BCUT2D eigenvalue weighted by atomic mass is 19.1. The van der Waals surface area contributed by atoms with Gasteiger partial charge in [0.2, 0.25) is 0 Å². The molecule has 0 bridgehead atoms. The second-order valence-corrected chi connectivity index (χ2v) is 9.10. The molecular weight excluding hydrogens is 429 g/mol. The van der Waals surface area contributed by atoms with Crippen LogP contribution in [0.1, 0.15) is 49.2 Å². The number of fused-ring (bicyclic) bond motifs is 3. The lowest BCUT2D eigenvalue weighted by Crippen LogP contribution is -2.50. The smallest absolute Gasteiger partial charge is 0.152 e. The van der Waals surface area contributed by atoms with Crippen LogP contribution in [-0.4, -0.2) is 45.6 Å². The highest BCUT2D eigenvalue weighted by Crippen LogP contribution is 2.43. The van der Waals surface area contributed by atoms with E-state index in [1.807, 2.05) is 31.2 Å². The van der Waals surface area contributed by atoms with Crippen LogP contribution in [-0.2, 0) is 11.2 Å². The first-order valence-corrected chi connectivity index (χ1v) is 10.9. The van der Waals surface area contributed by atoms with Crippen molar-refractivity contribution in [1.29, 1.82) is 0 Å². The van der Waals surface area contributed by atoms with E-state index in [4.69, 9.17) is 0 Å². The number of hydrogen-bond acceptors (Lipinski definition) is 3. The number of alkyl halides is 1. The Balaban J connectivity index is 1.91. The van der Waals surface area contributed by atoms with E-state index >= 15 is 8.78 Å². The number of H-pyrrole nitrogens is 1. The minimum atomic E-state index is -1.95. The van der Waals surface area contributed by atoms with Gasteiger partial charge in [-0.25, -0.2) is 13.2 Å². The lowest BCUT2D eigenvalue weighted by Gasteiger charge is -2.43. The number of allylic oxidation sites excluding steroid dienone is 1. The molecule has 0 amide bonds. The third-order valence-electron chi connectivity index (χ3n) is 6.24. The van der Waals surface area contributed by atoms with Crippen LogP contribution < -0.4 is 0 Å². The van der Waals surface area contributed by atoms with Gasteiger partial charge in [0, 0.05) is 34.7 Å². The number of nitrogens with zero attached hydrogens (tertiary/aromatic N) is 1. The van der Waals surface area contributed by atoms with Gasteiger partial charge < -0.3 is 10.1 Å². The third kappa shape index (κ3) is 4.48. The molecule has 3 aromatic rings. The maximum Gasteiger partial charge on any atom is 0.152 e. The lowest BCUT2D eigenvalue weighted by atomic mass is 9.86. The average Bonchev–Trinajstić information content (AvgIpc) is 3.12. The maximum atomic E-state index is 15.4. The second kappa shape index (κ2) is 8.80. The first kappa shape index (κ1) is 23.3. The molecule has 0 aliphatic carbocycles. The number of aliphatic hydroxyl groups is 1. The van der Waals surface area contributed by atoms with E-state index in [0.717, 1.165) is 16.5 Å². The van der Waals surface area contributed by atoms with E-state index in [2.05, 4.69) is 4.98 Å². The zero-order chi connectivity index (χ0) is 23.9. The van der Waals surface area contributed by atoms with Gasteiger partial charge in [-0.3, -0.25) is 9.69 Å². The van der Waals surface area contributed by atoms with E-state index in [1.54, 1.807) is 4.90 Å². The summed E-state index contributed by atoms with van der Waals surface area (Å²) in [7, 11) is 0. The molecule has 0 radical (unpaired) electrons. The molecule has 1 aliphatic rings. The molecule has 4 nitrogen and oxygen atoms in total. The number of halogens is 3. The number of aromatic nitrogens is 1. The Morgan fingerprint density at radius 2 is 1.94 bits per heavy atom. The molecule has 0 saturated heterocycles. The normalized spacial score (nSPS) is 20.8. The number of para-hydroxylation sites is 1. The van der Waals surface area contributed by atoms with Gasteiger partial charge in [0.25, 0.3) is 0 Å². The van der Waals surface area contributed by atoms with Crippen LogP contribution in [0.3, 0.4) is 0 Å². The van der Waals surface area contributed by atoms with Crippen LogP contribution in [0.25, 0.3) is 17.0 Å². The minimum Gasteiger partial charge on any atom is -0.393 e. The fourth-order valence-corrected chi connectivity index (χ4v) is 4.67. The molecule has 3 atom stereocenters. The molecule has 0 spiro atoms. The molecule has 1 aliphatic heterocycles. The number of rotatable bonds is 6. The van der Waals surface area contributed by atoms with Crippen molar-refractivity contribution in [2.75, 3.05) is 13.2 Å². The van der Waals surface area contributed by atoms with Crippen molar-refractivity contribution in [2.45, 2.75) is 44.9 Å². The highest BCUT2D eigenvalue weighted by Gasteiger charge is 2.41. The monoisotopic (exact) mass is 456 g/mol. The van der Waals surface area contributed by atoms with Gasteiger partial charge in [0.1, 0.15) is 17.3 Å². The molecular formula is C26H27F3N2O2. The molecule has 174 valence electrons. The van der Waals surface area contributed by atoms with Gasteiger partial charge >= 0.3 is 0 Å². The predicted molar refractivity (Wildman–Crippen MR) is 123 cm³/mol. The van der Waals surface area contributed by atoms with Gasteiger partial charge in [-0.05, 0) is 62.6 Å². The lowest BCUT2D eigenvalue weighted by molar-refractivity contribution is -0.112. The van der Waals surface area contributed by atoms with E-state index in [-0.39, 0.29) is 29.5 Å². The summed E-state index contributed by atoms with van der Waals surface area (Å²) in [6, 6.07) is 8.85. The number of hydrogen-bond donors (Lipinski definition) is 2. The molecule has 4 rings (SSSR count). The molecule has 2 aromatic carbocycles. The maximum absolute atomic E-state index is 15.4. The fraction of sp³-hybridized carbons (Fsp3) is 0.346. The average molecular weight is 457 g/mol. The number of carbonyl (C=O) groups is 1. The van der Waals surface area contributed by atoms with E-state index < -0.39 is 30.0 Å². The summed E-state index contributed by atoms with van der Waals surface area (Å²) in [6.45, 7) is 3.62. The van der Waals surface area contributed by atoms with E-state index in [9.17, 15) is 14.3 Å². The molecule has 1 aromatic heterocycles. The van der Waals surface area contributed by atoms with Crippen molar-refractivity contribution in [3.05, 3.63) is 76.5 Å². The highest BCUT2D eigenvalue weighted by molar-refractivity contribution is 5.91. The fourth-order valence-electron chi connectivity index (χ4n) is 4.67. The Morgan fingerprint density at radius 3 is 2.58 bits per heavy atom. The summed E-state index contributed by atoms with van der Waals surface area (Å²) in [5, 5.41) is 10.5. The number of ketones is 1. The number of benzene rings is 2. The SMILES string of the molecule is CC(=O)/C=C/c1cc(F)c(C2c3[nH]c4ccccc4c3CC(C)N2CC(C)(F)CO)c(F)c1. The Kier molecular flexibility index (Phi) is 6.20. The standard InChI is InChI=1S/C26H27F3N2O2/c1-15-10-19-18-6-4-5-7-22(18)30-24(19)25(31(15)13-26(3,29)14-32)23-20(27)11-17(12-21(23)28)9-8-16(2)33/h4-9,11-12,15,25,30,32H,10,13-14H2,1-3H3/b9-8+. The number of aliphatic hydroxyl groups excluding tert-OH is 1. The molecule has 2 heterocycles. The van der Waals surface area contributed by atoms with Crippen LogP contribution >= 0.6 is 0 Å². The molecule has 7 heteroatoms. The predicted octanol–water partition coefficient (Wildman–Crippen LogP) is 5.10. The molecule has 3 unspecified atom stereocenters. The zero-order valence-corrected chi connectivity index (χ0v) is 18.8. The zero-order valence-electron chi connectivity index (χ0n) is 18.8. The van der Waals surface area contributed by atoms with Gasteiger partial charge in [-0.1, -0.05) is 24.3 Å². The Hall–Kier alpha value is -2.90. The Morgan fingerprint density at radius 1 is 1.27 bits per heavy atom. The van der Waals surface area contributed by atoms with Crippen LogP contribution in [0.2, 0.25) is 0 Å². The van der Waals surface area contributed by atoms with Crippen molar-refractivity contribution >= 4 is 22.8 Å². The van der Waals surface area contributed by atoms with Gasteiger partial charge in [0.05, 0.1) is 12.6 Å². The summed E-state index contributed by atoms with van der Waals surface area (Å²) in [5.74, 6) is -1.80. The van der Waals surface area contributed by atoms with Gasteiger partial charge in [0.15, 0.2) is 5.78 Å². The summed E-state index contributed by atoms with van der Waals surface area (Å²) >= 11 is 0. The molecule has 0 fully saturated rings. The minimum absolute atomic E-state index is 0.192. The van der Waals surface area contributed by atoms with Crippen molar-refractivity contribution in [2.24, 2.45) is 0 Å². The quantitative estimate of drug-likeness (QED) is 0.507. The molecule has 2 N–H and O–H groups in total. The first-order valence-electron chi connectivity index (χ1n) is 10.9. The van der Waals surface area contributed by atoms with Gasteiger partial charge in [-0.2, -0.15) is 0 Å².